The summed E-state index contributed by atoms with van der Waals surface area (Å²) in [5.74, 6) is -0.881. The number of nitriles is 1. The van der Waals surface area contributed by atoms with Gasteiger partial charge < -0.3 is 14.2 Å². The number of alkyl halides is 3. The molecule has 6 nitrogen and oxygen atoms in total. The summed E-state index contributed by atoms with van der Waals surface area (Å²) in [6.07, 6.45) is -2.59. The van der Waals surface area contributed by atoms with Gasteiger partial charge in [0.15, 0.2) is 0 Å². The molecule has 0 atom stereocenters. The molecule has 1 aliphatic heterocycles. The van der Waals surface area contributed by atoms with E-state index in [-0.39, 0.29) is 23.7 Å². The standard InChI is InChI=1S/C22H24F4N4O2/c1-21(2,3)32-20(31)29-9-6-14(7-10-29)19-28-18(13-30(19)11-8-27)15-4-5-17(23)16(12-15)22(24,25)26/h4-5,12-14H,6-7,9-11H2,1-3H3. The number of carbonyl (C=O) groups is 1. The number of hydrogen-bond donors (Lipinski definition) is 0. The first-order valence-electron chi connectivity index (χ1n) is 10.2. The minimum absolute atomic E-state index is 0.0259. The smallest absolute Gasteiger partial charge is 0.419 e. The van der Waals surface area contributed by atoms with Gasteiger partial charge in [-0.2, -0.15) is 18.4 Å². The summed E-state index contributed by atoms with van der Waals surface area (Å²) >= 11 is 0. The SMILES string of the molecule is CC(C)(C)OC(=O)N1CCC(c2nc(-c3ccc(F)c(C(F)(F)F)c3)cn2CC#N)CC1. The van der Waals surface area contributed by atoms with Crippen LogP contribution in [0.3, 0.4) is 0 Å². The molecule has 1 aliphatic rings. The van der Waals surface area contributed by atoms with Gasteiger partial charge in [-0.1, -0.05) is 0 Å². The van der Waals surface area contributed by atoms with E-state index in [0.717, 1.165) is 12.1 Å². The molecule has 1 aromatic heterocycles. The third-order valence-corrected chi connectivity index (χ3v) is 5.13. The normalized spacial score (nSPS) is 15.5. The maximum absolute atomic E-state index is 13.7. The van der Waals surface area contributed by atoms with E-state index in [4.69, 9.17) is 10.00 Å². The molecule has 0 bridgehead atoms. The predicted molar refractivity (Wildman–Crippen MR) is 108 cm³/mol. The summed E-state index contributed by atoms with van der Waals surface area (Å²) in [5.41, 5.74) is -1.62. The second kappa shape index (κ2) is 8.81. The number of carbonyl (C=O) groups excluding carboxylic acids is 1. The van der Waals surface area contributed by atoms with Crippen LogP contribution in [0.1, 0.15) is 50.9 Å². The van der Waals surface area contributed by atoms with Crippen molar-refractivity contribution in [2.75, 3.05) is 13.1 Å². The lowest BCUT2D eigenvalue weighted by Gasteiger charge is -2.33. The van der Waals surface area contributed by atoms with Crippen LogP contribution < -0.4 is 0 Å². The van der Waals surface area contributed by atoms with Crippen LogP contribution in [0.25, 0.3) is 11.3 Å². The molecule has 1 saturated heterocycles. The number of rotatable bonds is 3. The molecule has 1 amide bonds. The lowest BCUT2D eigenvalue weighted by atomic mass is 9.96. The van der Waals surface area contributed by atoms with Crippen LogP contribution in [0.15, 0.2) is 24.4 Å². The second-order valence-corrected chi connectivity index (χ2v) is 8.70. The van der Waals surface area contributed by atoms with Crippen LogP contribution in [0.4, 0.5) is 22.4 Å². The van der Waals surface area contributed by atoms with Gasteiger partial charge in [-0.15, -0.1) is 0 Å². The lowest BCUT2D eigenvalue weighted by Crippen LogP contribution is -2.41. The summed E-state index contributed by atoms with van der Waals surface area (Å²) in [7, 11) is 0. The average molecular weight is 452 g/mol. The fourth-order valence-corrected chi connectivity index (χ4v) is 3.65. The zero-order valence-electron chi connectivity index (χ0n) is 18.0. The van der Waals surface area contributed by atoms with Crippen molar-refractivity contribution in [3.8, 4) is 17.3 Å². The first-order chi connectivity index (χ1) is 14.9. The summed E-state index contributed by atoms with van der Waals surface area (Å²) in [5, 5.41) is 9.17. The van der Waals surface area contributed by atoms with Crippen molar-refractivity contribution in [3.63, 3.8) is 0 Å². The van der Waals surface area contributed by atoms with Crippen molar-refractivity contribution >= 4 is 6.09 Å². The largest absolute Gasteiger partial charge is 0.444 e. The Labute approximate surface area is 183 Å². The summed E-state index contributed by atoms with van der Waals surface area (Å²) in [4.78, 5) is 18.4. The molecule has 1 fully saturated rings. The van der Waals surface area contributed by atoms with Crippen molar-refractivity contribution in [2.45, 2.75) is 57.9 Å². The van der Waals surface area contributed by atoms with Gasteiger partial charge in [0.2, 0.25) is 0 Å². The molecule has 0 radical (unpaired) electrons. The predicted octanol–water partition coefficient (Wildman–Crippen LogP) is 5.35. The minimum Gasteiger partial charge on any atom is -0.444 e. The third kappa shape index (κ3) is 5.39. The maximum Gasteiger partial charge on any atom is 0.419 e. The molecule has 10 heteroatoms. The van der Waals surface area contributed by atoms with Crippen molar-refractivity contribution in [2.24, 2.45) is 0 Å². The van der Waals surface area contributed by atoms with Crippen molar-refractivity contribution in [3.05, 3.63) is 41.6 Å². The minimum atomic E-state index is -4.83. The van der Waals surface area contributed by atoms with E-state index in [1.54, 1.807) is 30.2 Å². The molecule has 3 rings (SSSR count). The Hall–Kier alpha value is -3.09. The highest BCUT2D eigenvalue weighted by Gasteiger charge is 2.35. The topological polar surface area (TPSA) is 71.2 Å². The summed E-state index contributed by atoms with van der Waals surface area (Å²) in [6, 6.07) is 4.75. The molecule has 0 unspecified atom stereocenters. The van der Waals surface area contributed by atoms with Gasteiger partial charge in [0.25, 0.3) is 0 Å². The number of ether oxygens (including phenoxy) is 1. The molecule has 2 aromatic rings. The van der Waals surface area contributed by atoms with Gasteiger partial charge in [-0.3, -0.25) is 0 Å². The van der Waals surface area contributed by atoms with E-state index in [9.17, 15) is 22.4 Å². The summed E-state index contributed by atoms with van der Waals surface area (Å²) < 4.78 is 59.9. The Morgan fingerprint density at radius 2 is 1.91 bits per heavy atom. The molecule has 0 spiro atoms. The molecule has 0 saturated carbocycles. The first-order valence-corrected chi connectivity index (χ1v) is 10.2. The van der Waals surface area contributed by atoms with E-state index < -0.39 is 29.3 Å². The van der Waals surface area contributed by atoms with Crippen molar-refractivity contribution in [1.29, 1.82) is 5.26 Å². The van der Waals surface area contributed by atoms with E-state index in [1.165, 1.54) is 12.3 Å². The molecule has 172 valence electrons. The monoisotopic (exact) mass is 452 g/mol. The van der Waals surface area contributed by atoms with Crippen molar-refractivity contribution < 1.29 is 27.1 Å². The molecular weight excluding hydrogens is 428 g/mol. The van der Waals surface area contributed by atoms with Crippen LogP contribution >= 0.6 is 0 Å². The number of aromatic nitrogens is 2. The van der Waals surface area contributed by atoms with Crippen LogP contribution in [0.5, 0.6) is 0 Å². The quantitative estimate of drug-likeness (QED) is 0.589. The number of halogens is 4. The Kier molecular flexibility index (Phi) is 6.49. The van der Waals surface area contributed by atoms with Crippen LogP contribution in [0, 0.1) is 17.1 Å². The molecule has 0 N–H and O–H groups in total. The van der Waals surface area contributed by atoms with Gasteiger partial charge in [0.05, 0.1) is 17.3 Å². The van der Waals surface area contributed by atoms with Crippen LogP contribution in [-0.4, -0.2) is 39.2 Å². The van der Waals surface area contributed by atoms with Crippen LogP contribution in [-0.2, 0) is 17.5 Å². The number of imidazole rings is 1. The first kappa shape index (κ1) is 23.6. The Morgan fingerprint density at radius 3 is 2.47 bits per heavy atom. The number of hydrogen-bond acceptors (Lipinski definition) is 4. The fourth-order valence-electron chi connectivity index (χ4n) is 3.65. The Morgan fingerprint density at radius 1 is 1.25 bits per heavy atom. The highest BCUT2D eigenvalue weighted by Crippen LogP contribution is 2.35. The number of likely N-dealkylation sites (tertiary alicyclic amines) is 1. The van der Waals surface area contributed by atoms with Gasteiger partial charge in [-0.05, 0) is 51.8 Å². The van der Waals surface area contributed by atoms with Gasteiger partial charge in [-0.25, -0.2) is 14.2 Å². The molecule has 32 heavy (non-hydrogen) atoms. The maximum atomic E-state index is 13.7. The fraction of sp³-hybridized carbons (Fsp3) is 0.500. The zero-order chi connectivity index (χ0) is 23.7. The molecule has 2 heterocycles. The highest BCUT2D eigenvalue weighted by atomic mass is 19.4. The number of benzene rings is 1. The molecule has 0 aliphatic carbocycles. The van der Waals surface area contributed by atoms with Crippen molar-refractivity contribution in [1.82, 2.24) is 14.5 Å². The lowest BCUT2D eigenvalue weighted by molar-refractivity contribution is -0.139. The average Bonchev–Trinajstić information content (AvgIpc) is 3.10. The third-order valence-electron chi connectivity index (χ3n) is 5.13. The number of piperidine rings is 1. The van der Waals surface area contributed by atoms with Gasteiger partial charge in [0, 0.05) is 30.8 Å². The Bertz CT molecular complexity index is 1030. The number of nitrogens with zero attached hydrogens (tertiary/aromatic N) is 4. The van der Waals surface area contributed by atoms with E-state index in [1.807, 2.05) is 6.07 Å². The van der Waals surface area contributed by atoms with Gasteiger partial charge >= 0.3 is 12.3 Å². The van der Waals surface area contributed by atoms with E-state index in [2.05, 4.69) is 4.98 Å². The molecular formula is C22H24F4N4O2. The Balaban J connectivity index is 1.83. The van der Waals surface area contributed by atoms with Crippen LogP contribution in [0.2, 0.25) is 0 Å². The van der Waals surface area contributed by atoms with Gasteiger partial charge in [0.1, 0.15) is 23.8 Å². The number of amides is 1. The zero-order valence-corrected chi connectivity index (χ0v) is 18.0. The highest BCUT2D eigenvalue weighted by molar-refractivity contribution is 5.68. The van der Waals surface area contributed by atoms with E-state index >= 15 is 0 Å². The second-order valence-electron chi connectivity index (χ2n) is 8.70. The molecule has 1 aromatic carbocycles. The summed E-state index contributed by atoms with van der Waals surface area (Å²) in [6.45, 7) is 6.21. The van der Waals surface area contributed by atoms with E-state index in [0.29, 0.717) is 31.8 Å².